The van der Waals surface area contributed by atoms with Crippen molar-refractivity contribution in [1.29, 1.82) is 0 Å². The number of thioether (sulfide) groups is 1. The van der Waals surface area contributed by atoms with Gasteiger partial charge in [-0.25, -0.2) is 9.50 Å². The van der Waals surface area contributed by atoms with Crippen molar-refractivity contribution in [1.82, 2.24) is 19.6 Å². The van der Waals surface area contributed by atoms with Crippen LogP contribution in [0.1, 0.15) is 29.2 Å². The summed E-state index contributed by atoms with van der Waals surface area (Å²) in [6.45, 7) is 3.14. The molecule has 0 aliphatic rings. The Balaban J connectivity index is 1.73. The van der Waals surface area contributed by atoms with Gasteiger partial charge in [0, 0.05) is 22.7 Å². The van der Waals surface area contributed by atoms with Crippen LogP contribution >= 0.6 is 11.8 Å². The average molecular weight is 477 g/mol. The number of aromatic nitrogens is 4. The molecule has 0 atom stereocenters. The summed E-state index contributed by atoms with van der Waals surface area (Å²) in [5.41, 5.74) is 1.56. The lowest BCUT2D eigenvalue weighted by atomic mass is 10.1. The van der Waals surface area contributed by atoms with Gasteiger partial charge in [-0.05, 0) is 38.0 Å². The molecule has 2 heterocycles. The second-order valence-electron chi connectivity index (χ2n) is 6.85. The zero-order valence-electron chi connectivity index (χ0n) is 16.8. The highest BCUT2D eigenvalue weighted by Gasteiger charge is 2.37. The number of halogens is 6. The van der Waals surface area contributed by atoms with Gasteiger partial charge in [0.25, 0.3) is 11.6 Å². The van der Waals surface area contributed by atoms with E-state index in [2.05, 4.69) is 20.4 Å². The van der Waals surface area contributed by atoms with E-state index in [4.69, 9.17) is 0 Å². The maximum atomic E-state index is 12.9. The van der Waals surface area contributed by atoms with E-state index in [1.165, 1.54) is 12.1 Å². The standard InChI is InChI=1S/C19H17F6N5OS/c1-10-12(11(2)30-17(26-10)28-16(29-30)19(23,24)25)7-8-15(31)27-13-5-3-4-6-14(13)32-9-18(20,21)22/h3-6H,7-9H2,1-2H3,(H,27,31). The first-order chi connectivity index (χ1) is 14.8. The Kier molecular flexibility index (Phi) is 6.67. The van der Waals surface area contributed by atoms with E-state index in [1.54, 1.807) is 26.0 Å². The van der Waals surface area contributed by atoms with Gasteiger partial charge in [0.1, 0.15) is 0 Å². The number of fused-ring (bicyclic) bond motifs is 1. The predicted octanol–water partition coefficient (Wildman–Crippen LogP) is 4.99. The summed E-state index contributed by atoms with van der Waals surface area (Å²) in [6, 6.07) is 6.12. The van der Waals surface area contributed by atoms with Crippen molar-refractivity contribution < 1.29 is 31.1 Å². The summed E-state index contributed by atoms with van der Waals surface area (Å²) in [5.74, 6) is -3.06. The van der Waals surface area contributed by atoms with Gasteiger partial charge < -0.3 is 5.32 Å². The van der Waals surface area contributed by atoms with Crippen LogP contribution in [0.3, 0.4) is 0 Å². The predicted molar refractivity (Wildman–Crippen MR) is 105 cm³/mol. The lowest BCUT2D eigenvalue weighted by Crippen LogP contribution is -2.15. The summed E-state index contributed by atoms with van der Waals surface area (Å²) in [6.07, 6.45) is -8.99. The summed E-state index contributed by atoms with van der Waals surface area (Å²) in [4.78, 5) is 20.1. The second kappa shape index (κ2) is 8.96. The molecule has 13 heteroatoms. The molecule has 172 valence electrons. The van der Waals surface area contributed by atoms with E-state index in [1.807, 2.05) is 0 Å². The largest absolute Gasteiger partial charge is 0.453 e. The number of nitrogens with one attached hydrogen (secondary N) is 1. The molecule has 0 aliphatic heterocycles. The van der Waals surface area contributed by atoms with E-state index in [-0.39, 0.29) is 29.2 Å². The minimum absolute atomic E-state index is 0.0615. The van der Waals surface area contributed by atoms with Crippen LogP contribution in [-0.2, 0) is 17.4 Å². The molecule has 6 nitrogen and oxygen atoms in total. The van der Waals surface area contributed by atoms with Crippen LogP contribution in [0.5, 0.6) is 0 Å². The highest BCUT2D eigenvalue weighted by atomic mass is 32.2. The van der Waals surface area contributed by atoms with Crippen molar-refractivity contribution >= 4 is 29.1 Å². The third kappa shape index (κ3) is 5.69. The molecule has 0 fully saturated rings. The number of para-hydroxylation sites is 1. The topological polar surface area (TPSA) is 72.2 Å². The fourth-order valence-corrected chi connectivity index (χ4v) is 3.77. The Labute approximate surface area is 182 Å². The molecule has 3 aromatic rings. The Hall–Kier alpha value is -2.83. The molecular formula is C19H17F6N5OS. The van der Waals surface area contributed by atoms with Gasteiger partial charge in [-0.3, -0.25) is 4.79 Å². The maximum absolute atomic E-state index is 12.9. The number of carbonyl (C=O) groups excluding carboxylic acids is 1. The SMILES string of the molecule is Cc1nc2nc(C(F)(F)F)nn2c(C)c1CCC(=O)Nc1ccccc1SCC(F)(F)F. The van der Waals surface area contributed by atoms with Crippen LogP contribution in [0.4, 0.5) is 32.0 Å². The molecule has 0 unspecified atom stereocenters. The number of aryl methyl sites for hydroxylation is 2. The van der Waals surface area contributed by atoms with Gasteiger partial charge in [-0.15, -0.1) is 16.9 Å². The number of hydrogen-bond acceptors (Lipinski definition) is 5. The Morgan fingerprint density at radius 3 is 2.44 bits per heavy atom. The molecule has 1 aromatic carbocycles. The third-order valence-corrected chi connectivity index (χ3v) is 5.60. The van der Waals surface area contributed by atoms with Gasteiger partial charge in [0.15, 0.2) is 0 Å². The number of rotatable bonds is 6. The van der Waals surface area contributed by atoms with E-state index in [9.17, 15) is 31.1 Å². The number of benzene rings is 1. The molecule has 0 spiro atoms. The summed E-state index contributed by atoms with van der Waals surface area (Å²) < 4.78 is 77.2. The normalized spacial score (nSPS) is 12.4. The van der Waals surface area contributed by atoms with Crippen LogP contribution in [0.15, 0.2) is 29.2 Å². The van der Waals surface area contributed by atoms with Gasteiger partial charge in [0.2, 0.25) is 5.91 Å². The van der Waals surface area contributed by atoms with E-state index in [0.717, 1.165) is 4.52 Å². The first-order valence-corrected chi connectivity index (χ1v) is 10.2. The van der Waals surface area contributed by atoms with Crippen molar-refractivity contribution in [3.05, 3.63) is 47.0 Å². The quantitative estimate of drug-likeness (QED) is 0.400. The highest BCUT2D eigenvalue weighted by molar-refractivity contribution is 7.99. The number of amides is 1. The van der Waals surface area contributed by atoms with Crippen molar-refractivity contribution in [2.75, 3.05) is 11.1 Å². The molecule has 32 heavy (non-hydrogen) atoms. The first kappa shape index (κ1) is 23.8. The highest BCUT2D eigenvalue weighted by Crippen LogP contribution is 2.32. The number of alkyl halides is 6. The smallest absolute Gasteiger partial charge is 0.325 e. The number of carbonyl (C=O) groups is 1. The molecule has 0 aliphatic carbocycles. The fourth-order valence-electron chi connectivity index (χ4n) is 3.00. The minimum Gasteiger partial charge on any atom is -0.325 e. The van der Waals surface area contributed by atoms with Crippen molar-refractivity contribution in [3.8, 4) is 0 Å². The molecule has 0 radical (unpaired) electrons. The monoisotopic (exact) mass is 477 g/mol. The van der Waals surface area contributed by atoms with Gasteiger partial charge in [0.05, 0.1) is 11.4 Å². The summed E-state index contributed by atoms with van der Waals surface area (Å²) in [5, 5.41) is 6.04. The number of nitrogens with zero attached hydrogens (tertiary/aromatic N) is 4. The van der Waals surface area contributed by atoms with Gasteiger partial charge in [-0.2, -0.15) is 31.3 Å². The molecule has 1 N–H and O–H groups in total. The van der Waals surface area contributed by atoms with Crippen molar-refractivity contribution in [2.45, 2.75) is 43.9 Å². The minimum atomic E-state index is -4.72. The van der Waals surface area contributed by atoms with Gasteiger partial charge in [-0.1, -0.05) is 12.1 Å². The van der Waals surface area contributed by atoms with Crippen LogP contribution in [0, 0.1) is 13.8 Å². The van der Waals surface area contributed by atoms with Crippen molar-refractivity contribution in [2.24, 2.45) is 0 Å². The fraction of sp³-hybridized carbons (Fsp3) is 0.368. The van der Waals surface area contributed by atoms with Crippen molar-refractivity contribution in [3.63, 3.8) is 0 Å². The van der Waals surface area contributed by atoms with Crippen LogP contribution in [0.2, 0.25) is 0 Å². The Morgan fingerprint density at radius 2 is 1.78 bits per heavy atom. The molecule has 2 aromatic heterocycles. The zero-order chi connectivity index (χ0) is 23.7. The third-order valence-electron chi connectivity index (χ3n) is 4.46. The molecular weight excluding hydrogens is 460 g/mol. The van der Waals surface area contributed by atoms with Crippen LogP contribution in [-0.4, -0.2) is 37.4 Å². The molecule has 0 saturated carbocycles. The Morgan fingerprint density at radius 1 is 1.09 bits per heavy atom. The first-order valence-electron chi connectivity index (χ1n) is 9.23. The lowest BCUT2D eigenvalue weighted by Gasteiger charge is -2.13. The maximum Gasteiger partial charge on any atom is 0.453 e. The zero-order valence-corrected chi connectivity index (χ0v) is 17.6. The Bertz CT molecular complexity index is 1140. The number of anilines is 1. The van der Waals surface area contributed by atoms with E-state index < -0.39 is 29.8 Å². The van der Waals surface area contributed by atoms with E-state index in [0.29, 0.717) is 28.7 Å². The molecule has 0 saturated heterocycles. The molecule has 1 amide bonds. The van der Waals surface area contributed by atoms with Crippen LogP contribution in [0.25, 0.3) is 5.78 Å². The summed E-state index contributed by atoms with van der Waals surface area (Å²) in [7, 11) is 0. The second-order valence-corrected chi connectivity index (χ2v) is 7.87. The number of hydrogen-bond donors (Lipinski definition) is 1. The average Bonchev–Trinajstić information content (AvgIpc) is 3.11. The molecule has 0 bridgehead atoms. The summed E-state index contributed by atoms with van der Waals surface area (Å²) >= 11 is 0.561. The van der Waals surface area contributed by atoms with Crippen LogP contribution < -0.4 is 5.32 Å². The van der Waals surface area contributed by atoms with E-state index >= 15 is 0 Å². The molecule has 3 rings (SSSR count). The lowest BCUT2D eigenvalue weighted by molar-refractivity contribution is -0.144. The van der Waals surface area contributed by atoms with Gasteiger partial charge >= 0.3 is 12.4 Å².